The maximum atomic E-state index is 13.9. The van der Waals surface area contributed by atoms with Crippen LogP contribution in [0.4, 0.5) is 0 Å². The number of esters is 2. The van der Waals surface area contributed by atoms with Crippen LogP contribution in [-0.4, -0.2) is 256 Å². The minimum absolute atomic E-state index is 0.199. The lowest BCUT2D eigenvalue weighted by Gasteiger charge is -2.73. The molecule has 512 valence electrons. The van der Waals surface area contributed by atoms with Crippen LogP contribution in [0.5, 0.6) is 0 Å². The molecule has 90 heavy (non-hydrogen) atoms. The Bertz CT molecular complexity index is 2700. The smallest absolute Gasteiger partial charge is 0.335 e. The Morgan fingerprint density at radius 3 is 1.79 bits per heavy atom. The number of carbonyl (C=O) groups excluding carboxylic acids is 2. The van der Waals surface area contributed by atoms with Crippen LogP contribution in [0.1, 0.15) is 122 Å². The molecule has 0 spiro atoms. The molecular weight excluding hydrogens is 1190 g/mol. The van der Waals surface area contributed by atoms with Crippen LogP contribution >= 0.6 is 0 Å². The lowest BCUT2D eigenvalue weighted by Crippen LogP contribution is -2.76. The van der Waals surface area contributed by atoms with Gasteiger partial charge in [0.1, 0.15) is 85.5 Å². The molecule has 5 aliphatic carbocycles. The van der Waals surface area contributed by atoms with E-state index >= 15 is 0 Å². The number of ether oxygens (including phenoxy) is 10. The van der Waals surface area contributed by atoms with Gasteiger partial charge in [0.05, 0.1) is 49.7 Å². The summed E-state index contributed by atoms with van der Waals surface area (Å²) in [4.78, 5) is 40.8. The minimum atomic E-state index is -2.24. The molecule has 9 aliphatic rings. The van der Waals surface area contributed by atoms with Gasteiger partial charge in [-0.1, -0.05) is 72.3 Å². The lowest BCUT2D eigenvalue weighted by atomic mass is 9.32. The zero-order chi connectivity index (χ0) is 66.6. The minimum Gasteiger partial charge on any atom is -0.479 e. The summed E-state index contributed by atoms with van der Waals surface area (Å²) < 4.78 is 61.6. The van der Waals surface area contributed by atoms with Gasteiger partial charge in [0.25, 0.3) is 0 Å². The first-order valence-electron chi connectivity index (χ1n) is 31.5. The van der Waals surface area contributed by atoms with Crippen molar-refractivity contribution in [3.05, 3.63) is 34.9 Å². The summed E-state index contributed by atoms with van der Waals surface area (Å²) in [5.74, 6) is -4.24. The summed E-state index contributed by atoms with van der Waals surface area (Å²) in [5, 5.41) is 158. The predicted molar refractivity (Wildman–Crippen MR) is 308 cm³/mol. The third-order valence-corrected chi connectivity index (χ3v) is 23.4. The Morgan fingerprint density at radius 2 is 1.20 bits per heavy atom. The standard InChI is InChI=1S/C63H98O27/c1-13-25(3)52(79)89-49-50(90-53(80)26(4)14-2)63(24-65)29(21-58(49,6)7)28-15-16-33-60(10)19-18-34(59(8,9)32(60)17-20-61(33,11)62(28,12)47(75)48(63)76)84-57-46(88-55-41(73)39(71)37(69)31(22-64)83-55)43(42(74)44(86-57)51(77)78)85-56-45(36(68)30(66)23-81-56)87-54-40(72)38(70)35(67)27(5)82-54/h13-15,27,29-50,54-57,64-76H,16-24H2,1-12H3,(H,77,78)/b25-13-,26-14-/t27-,29-,30-,31+,32-,33+,34-,35+,36-,37-,38-,39-,40+,41+,42-,43-,44-,45+,46+,47-,48+,49-,50-,54-,55-,56-,57+,60-,61+,62-,63-/m0/s1. The number of carbonyl (C=O) groups is 3. The van der Waals surface area contributed by atoms with E-state index in [1.54, 1.807) is 39.8 Å². The molecule has 0 radical (unpaired) electrons. The highest BCUT2D eigenvalue weighted by atomic mass is 16.8. The predicted octanol–water partition coefficient (Wildman–Crippen LogP) is -0.885. The Kier molecular flexibility index (Phi) is 20.6. The van der Waals surface area contributed by atoms with E-state index < -0.39 is 223 Å². The first-order valence-corrected chi connectivity index (χ1v) is 31.5. The van der Waals surface area contributed by atoms with E-state index in [0.717, 1.165) is 5.57 Å². The molecule has 0 aromatic carbocycles. The van der Waals surface area contributed by atoms with Crippen LogP contribution in [0.3, 0.4) is 0 Å². The fraction of sp³-hybridized carbons (Fsp3) is 0.857. The van der Waals surface area contributed by atoms with Crippen molar-refractivity contribution in [3.63, 3.8) is 0 Å². The van der Waals surface area contributed by atoms with Crippen molar-refractivity contribution in [2.45, 2.75) is 269 Å². The van der Waals surface area contributed by atoms with Crippen molar-refractivity contribution in [1.29, 1.82) is 0 Å². The molecule has 4 aliphatic heterocycles. The number of fused-ring (bicyclic) bond motifs is 7. The fourth-order valence-corrected chi connectivity index (χ4v) is 17.6. The maximum absolute atomic E-state index is 13.9. The molecule has 0 amide bonds. The molecule has 4 saturated heterocycles. The van der Waals surface area contributed by atoms with E-state index in [1.165, 1.54) is 6.92 Å². The molecular formula is C63H98O27. The van der Waals surface area contributed by atoms with Crippen molar-refractivity contribution in [2.75, 3.05) is 19.8 Å². The third kappa shape index (κ3) is 11.5. The average molecular weight is 1290 g/mol. The average Bonchev–Trinajstić information content (AvgIpc) is 0.663. The summed E-state index contributed by atoms with van der Waals surface area (Å²) in [6.45, 7) is 19.7. The van der Waals surface area contributed by atoms with Gasteiger partial charge in [-0.15, -0.1) is 0 Å². The van der Waals surface area contributed by atoms with E-state index in [0.29, 0.717) is 31.3 Å². The van der Waals surface area contributed by atoms with E-state index in [4.69, 9.17) is 47.4 Å². The number of hydrogen-bond acceptors (Lipinski definition) is 26. The maximum Gasteiger partial charge on any atom is 0.335 e. The van der Waals surface area contributed by atoms with Crippen LogP contribution in [0.15, 0.2) is 34.9 Å². The number of hydrogen-bond donors (Lipinski definition) is 14. The van der Waals surface area contributed by atoms with E-state index in [2.05, 4.69) is 19.9 Å². The van der Waals surface area contributed by atoms with Crippen molar-refractivity contribution < 1.29 is 133 Å². The SMILES string of the molecule is C/C=C(/C)C(=O)O[C@H]1[C@H](OC(=O)/C(C)=C\C)[C@]2(CO)[C@H](O)[C@H](O)[C@]3(C)C(=CC[C@@H]4[C@@]5(C)CC[C@H](O[C@@H]6O[C@H](C(=O)O)[C@@H](O)[C@H](O[C@@H]7OC[C@H](O)[C@H](O)[C@H]7O[C@@H]7O[C@@H](C)[C@@H](O)[C@H](O)[C@H]7O)[C@H]6O[C@@H]6O[C@H](CO)[C@H](O)[C@H](O)[C@H]6O)C(C)(C)[C@@H]5CC[C@]43C)[C@@H]2CC1(C)C. The molecule has 4 saturated carbocycles. The number of aliphatic hydroxyl groups is 13. The third-order valence-electron chi connectivity index (χ3n) is 23.4. The van der Waals surface area contributed by atoms with E-state index in [-0.39, 0.29) is 30.3 Å². The highest BCUT2D eigenvalue weighted by Gasteiger charge is 2.76. The second-order valence-corrected chi connectivity index (χ2v) is 28.8. The Morgan fingerprint density at radius 1 is 0.622 bits per heavy atom. The van der Waals surface area contributed by atoms with Gasteiger partial charge in [0, 0.05) is 22.0 Å². The highest BCUT2D eigenvalue weighted by molar-refractivity contribution is 5.89. The van der Waals surface area contributed by atoms with E-state index in [1.807, 2.05) is 34.6 Å². The lowest BCUT2D eigenvalue weighted by molar-refractivity contribution is -0.401. The molecule has 9 rings (SSSR count). The van der Waals surface area contributed by atoms with Crippen LogP contribution < -0.4 is 0 Å². The van der Waals surface area contributed by atoms with Crippen molar-refractivity contribution in [1.82, 2.24) is 0 Å². The van der Waals surface area contributed by atoms with Gasteiger partial charge >= 0.3 is 17.9 Å². The normalized spacial score (nSPS) is 50.2. The molecule has 27 heteroatoms. The molecule has 14 N–H and O–H groups in total. The number of rotatable bonds is 15. The second-order valence-electron chi connectivity index (χ2n) is 28.8. The van der Waals surface area contributed by atoms with Crippen LogP contribution in [0.25, 0.3) is 0 Å². The zero-order valence-electron chi connectivity index (χ0n) is 53.3. The number of carboxylic acid groups (broad SMARTS) is 1. The Balaban J connectivity index is 1.05. The monoisotopic (exact) mass is 1290 g/mol. The molecule has 0 aromatic rings. The second kappa shape index (κ2) is 26.1. The van der Waals surface area contributed by atoms with Crippen molar-refractivity contribution >= 4 is 17.9 Å². The largest absolute Gasteiger partial charge is 0.479 e. The van der Waals surface area contributed by atoms with Crippen LogP contribution in [0, 0.1) is 50.2 Å². The van der Waals surface area contributed by atoms with Crippen LogP contribution in [-0.2, 0) is 61.8 Å². The first-order chi connectivity index (χ1) is 42.0. The van der Waals surface area contributed by atoms with Crippen molar-refractivity contribution in [3.8, 4) is 0 Å². The summed E-state index contributed by atoms with van der Waals surface area (Å²) in [6, 6.07) is 0. The quantitative estimate of drug-likeness (QED) is 0.0409. The molecule has 31 atom stereocenters. The summed E-state index contributed by atoms with van der Waals surface area (Å²) in [6.07, 6.45) is -34.4. The molecule has 8 fully saturated rings. The molecule has 4 heterocycles. The fourth-order valence-electron chi connectivity index (χ4n) is 17.6. The topological polar surface area (TPSA) is 427 Å². The van der Waals surface area contributed by atoms with Gasteiger partial charge in [-0.05, 0) is 107 Å². The first kappa shape index (κ1) is 71.1. The van der Waals surface area contributed by atoms with Crippen LogP contribution in [0.2, 0.25) is 0 Å². The summed E-state index contributed by atoms with van der Waals surface area (Å²) >= 11 is 0. The number of carboxylic acids is 1. The van der Waals surface area contributed by atoms with Gasteiger partial charge in [-0.2, -0.15) is 0 Å². The van der Waals surface area contributed by atoms with Crippen molar-refractivity contribution in [2.24, 2.45) is 50.2 Å². The Hall–Kier alpha value is -3.21. The number of aliphatic carboxylic acids is 1. The van der Waals surface area contributed by atoms with Gasteiger partial charge in [0.15, 0.2) is 37.4 Å². The van der Waals surface area contributed by atoms with Gasteiger partial charge < -0.3 is 119 Å². The Labute approximate surface area is 523 Å². The van der Waals surface area contributed by atoms with Gasteiger partial charge in [0.2, 0.25) is 0 Å². The van der Waals surface area contributed by atoms with E-state index in [9.17, 15) is 85.9 Å². The molecule has 0 unspecified atom stereocenters. The zero-order valence-corrected chi connectivity index (χ0v) is 53.3. The number of aliphatic hydroxyl groups excluding tert-OH is 13. The molecule has 27 nitrogen and oxygen atoms in total. The van der Waals surface area contributed by atoms with Gasteiger partial charge in [-0.3, -0.25) is 0 Å². The highest BCUT2D eigenvalue weighted by Crippen LogP contribution is 2.76. The summed E-state index contributed by atoms with van der Waals surface area (Å²) in [5.41, 5.74) is -4.73. The number of allylic oxidation sites excluding steroid dienone is 3. The van der Waals surface area contributed by atoms with Gasteiger partial charge in [-0.25, -0.2) is 14.4 Å². The summed E-state index contributed by atoms with van der Waals surface area (Å²) in [7, 11) is 0. The molecule has 0 bridgehead atoms. The molecule has 0 aromatic heterocycles.